The van der Waals surface area contributed by atoms with Crippen LogP contribution >= 0.6 is 0 Å². The second-order valence-corrected chi connectivity index (χ2v) is 6.78. The van der Waals surface area contributed by atoms with Crippen LogP contribution in [0.5, 0.6) is 0 Å². The van der Waals surface area contributed by atoms with Crippen molar-refractivity contribution in [1.29, 1.82) is 0 Å². The molecule has 1 aromatic carbocycles. The van der Waals surface area contributed by atoms with Crippen molar-refractivity contribution in [2.24, 2.45) is 0 Å². The summed E-state index contributed by atoms with van der Waals surface area (Å²) in [5.41, 5.74) is 2.00. The van der Waals surface area contributed by atoms with Crippen molar-refractivity contribution in [3.63, 3.8) is 0 Å². The lowest BCUT2D eigenvalue weighted by Gasteiger charge is -2.24. The van der Waals surface area contributed by atoms with Gasteiger partial charge in [-0.3, -0.25) is 0 Å². The highest BCUT2D eigenvalue weighted by molar-refractivity contribution is 7.90. The molecule has 0 aliphatic carbocycles. The first-order chi connectivity index (χ1) is 8.38. The number of anilines is 1. The number of sulfone groups is 1. The molecule has 0 saturated heterocycles. The highest BCUT2D eigenvalue weighted by Gasteiger charge is 2.12. The average molecular weight is 269 g/mol. The molecule has 0 aromatic heterocycles. The van der Waals surface area contributed by atoms with Gasteiger partial charge >= 0.3 is 0 Å². The van der Waals surface area contributed by atoms with E-state index in [9.17, 15) is 8.42 Å². The van der Waals surface area contributed by atoms with Crippen molar-refractivity contribution in [3.8, 4) is 0 Å². The number of nitrogens with zero attached hydrogens (tertiary/aromatic N) is 1. The SMILES string of the molecule is CCCN(CCC)c1cc(C)cc(S(C)(=O)=O)c1. The normalized spacial score (nSPS) is 11.6. The fraction of sp³-hybridized carbons (Fsp3) is 0.571. The molecule has 0 radical (unpaired) electrons. The predicted octanol–water partition coefficient (Wildman–Crippen LogP) is 3.02. The maximum atomic E-state index is 11.7. The monoisotopic (exact) mass is 269 g/mol. The molecule has 0 N–H and O–H groups in total. The van der Waals surface area contributed by atoms with E-state index in [1.165, 1.54) is 6.26 Å². The third-order valence-corrected chi connectivity index (χ3v) is 3.91. The van der Waals surface area contributed by atoms with E-state index in [0.717, 1.165) is 37.2 Å². The minimum atomic E-state index is -3.14. The Morgan fingerprint density at radius 2 is 1.61 bits per heavy atom. The van der Waals surface area contributed by atoms with Crippen LogP contribution in [-0.2, 0) is 9.84 Å². The zero-order valence-corrected chi connectivity index (χ0v) is 12.5. The van der Waals surface area contributed by atoms with Gasteiger partial charge in [-0.05, 0) is 43.5 Å². The third-order valence-electron chi connectivity index (χ3n) is 2.82. The maximum Gasteiger partial charge on any atom is 0.175 e. The molecule has 0 heterocycles. The molecule has 0 bridgehead atoms. The van der Waals surface area contributed by atoms with Crippen LogP contribution in [0.25, 0.3) is 0 Å². The zero-order chi connectivity index (χ0) is 13.8. The van der Waals surface area contributed by atoms with E-state index >= 15 is 0 Å². The summed E-state index contributed by atoms with van der Waals surface area (Å²) in [5.74, 6) is 0. The van der Waals surface area contributed by atoms with Crippen LogP contribution < -0.4 is 4.90 Å². The molecule has 0 amide bonds. The molecule has 0 fully saturated rings. The summed E-state index contributed by atoms with van der Waals surface area (Å²) in [7, 11) is -3.14. The summed E-state index contributed by atoms with van der Waals surface area (Å²) in [6.45, 7) is 8.13. The summed E-state index contributed by atoms with van der Waals surface area (Å²) in [5, 5.41) is 0. The van der Waals surface area contributed by atoms with Crippen molar-refractivity contribution < 1.29 is 8.42 Å². The molecule has 1 aromatic rings. The number of hydrogen-bond donors (Lipinski definition) is 0. The van der Waals surface area contributed by atoms with Gasteiger partial charge in [-0.15, -0.1) is 0 Å². The van der Waals surface area contributed by atoms with Gasteiger partial charge in [-0.1, -0.05) is 13.8 Å². The molecule has 0 unspecified atom stereocenters. The van der Waals surface area contributed by atoms with Crippen molar-refractivity contribution in [3.05, 3.63) is 23.8 Å². The Bertz CT molecular complexity index is 489. The Hall–Kier alpha value is -1.03. The molecule has 4 heteroatoms. The van der Waals surface area contributed by atoms with Crippen molar-refractivity contribution >= 4 is 15.5 Å². The quantitative estimate of drug-likeness (QED) is 0.796. The Balaban J connectivity index is 3.18. The number of aryl methyl sites for hydroxylation is 1. The smallest absolute Gasteiger partial charge is 0.175 e. The van der Waals surface area contributed by atoms with E-state index in [4.69, 9.17) is 0 Å². The first-order valence-corrected chi connectivity index (χ1v) is 8.34. The molecule has 0 aliphatic heterocycles. The summed E-state index contributed by atoms with van der Waals surface area (Å²) in [6, 6.07) is 5.57. The first kappa shape index (κ1) is 15.0. The van der Waals surface area contributed by atoms with Gasteiger partial charge in [0.2, 0.25) is 0 Å². The summed E-state index contributed by atoms with van der Waals surface area (Å²) in [6.07, 6.45) is 3.37. The molecule has 1 rings (SSSR count). The molecule has 0 atom stereocenters. The Morgan fingerprint density at radius 1 is 1.06 bits per heavy atom. The molecule has 102 valence electrons. The molecule has 3 nitrogen and oxygen atoms in total. The van der Waals surface area contributed by atoms with Crippen molar-refractivity contribution in [2.75, 3.05) is 24.2 Å². The summed E-state index contributed by atoms with van der Waals surface area (Å²) >= 11 is 0. The lowest BCUT2D eigenvalue weighted by atomic mass is 10.2. The lowest BCUT2D eigenvalue weighted by Crippen LogP contribution is -2.25. The van der Waals surface area contributed by atoms with Gasteiger partial charge in [0.25, 0.3) is 0 Å². The molecular formula is C14H23NO2S. The zero-order valence-electron chi connectivity index (χ0n) is 11.7. The van der Waals surface area contributed by atoms with Gasteiger partial charge < -0.3 is 4.90 Å². The summed E-state index contributed by atoms with van der Waals surface area (Å²) < 4.78 is 23.3. The van der Waals surface area contributed by atoms with E-state index in [2.05, 4.69) is 24.8 Å². The van der Waals surface area contributed by atoms with E-state index in [1.807, 2.05) is 6.92 Å². The van der Waals surface area contributed by atoms with E-state index in [1.54, 1.807) is 12.1 Å². The van der Waals surface area contributed by atoms with Crippen molar-refractivity contribution in [1.82, 2.24) is 0 Å². The van der Waals surface area contributed by atoms with Crippen LogP contribution in [0.15, 0.2) is 23.1 Å². The standard InChI is InChI=1S/C14H23NO2S/c1-5-7-15(8-6-2)13-9-12(3)10-14(11-13)18(4,16)17/h9-11H,5-8H2,1-4H3. The largest absolute Gasteiger partial charge is 0.372 e. The third kappa shape index (κ3) is 4.02. The maximum absolute atomic E-state index is 11.7. The second-order valence-electron chi connectivity index (χ2n) is 4.76. The second kappa shape index (κ2) is 6.23. The molecule has 0 aliphatic rings. The average Bonchev–Trinajstić information content (AvgIpc) is 2.27. The topological polar surface area (TPSA) is 37.4 Å². The highest BCUT2D eigenvalue weighted by atomic mass is 32.2. The summed E-state index contributed by atoms with van der Waals surface area (Å²) in [4.78, 5) is 2.66. The molecule has 0 saturated carbocycles. The van der Waals surface area contributed by atoms with Gasteiger partial charge in [0.1, 0.15) is 0 Å². The number of hydrogen-bond acceptors (Lipinski definition) is 3. The van der Waals surface area contributed by atoms with Gasteiger partial charge in [-0.2, -0.15) is 0 Å². The van der Waals surface area contributed by atoms with Crippen LogP contribution in [0, 0.1) is 6.92 Å². The Labute approximate surface area is 111 Å². The van der Waals surface area contributed by atoms with E-state index in [-0.39, 0.29) is 0 Å². The van der Waals surface area contributed by atoms with Gasteiger partial charge in [0, 0.05) is 25.0 Å². The minimum absolute atomic E-state index is 0.412. The van der Waals surface area contributed by atoms with Crippen LogP contribution in [0.1, 0.15) is 32.3 Å². The fourth-order valence-electron chi connectivity index (χ4n) is 2.03. The Kier molecular flexibility index (Phi) is 5.20. The number of benzene rings is 1. The molecular weight excluding hydrogens is 246 g/mol. The predicted molar refractivity (Wildman–Crippen MR) is 77.1 cm³/mol. The van der Waals surface area contributed by atoms with Gasteiger partial charge in [-0.25, -0.2) is 8.42 Å². The van der Waals surface area contributed by atoms with E-state index in [0.29, 0.717) is 4.90 Å². The molecule has 0 spiro atoms. The van der Waals surface area contributed by atoms with Crippen LogP contribution in [0.2, 0.25) is 0 Å². The van der Waals surface area contributed by atoms with Gasteiger partial charge in [0.15, 0.2) is 9.84 Å². The highest BCUT2D eigenvalue weighted by Crippen LogP contribution is 2.22. The van der Waals surface area contributed by atoms with E-state index < -0.39 is 9.84 Å². The van der Waals surface area contributed by atoms with Crippen LogP contribution in [0.3, 0.4) is 0 Å². The first-order valence-electron chi connectivity index (χ1n) is 6.45. The van der Waals surface area contributed by atoms with Crippen LogP contribution in [0.4, 0.5) is 5.69 Å². The Morgan fingerprint density at radius 3 is 2.06 bits per heavy atom. The fourth-order valence-corrected chi connectivity index (χ4v) is 2.77. The minimum Gasteiger partial charge on any atom is -0.372 e. The molecule has 18 heavy (non-hydrogen) atoms. The van der Waals surface area contributed by atoms with Gasteiger partial charge in [0.05, 0.1) is 4.90 Å². The lowest BCUT2D eigenvalue weighted by molar-refractivity contribution is 0.601. The van der Waals surface area contributed by atoms with Crippen LogP contribution in [-0.4, -0.2) is 27.8 Å². The number of rotatable bonds is 6. The van der Waals surface area contributed by atoms with Crippen molar-refractivity contribution in [2.45, 2.75) is 38.5 Å².